The summed E-state index contributed by atoms with van der Waals surface area (Å²) in [4.78, 5) is 7.61. The van der Waals surface area contributed by atoms with Crippen LogP contribution in [0.1, 0.15) is 31.7 Å². The normalized spacial score (nSPS) is 20.3. The molecule has 3 aromatic rings. The lowest BCUT2D eigenvalue weighted by Crippen LogP contribution is -2.37. The van der Waals surface area contributed by atoms with Gasteiger partial charge in [-0.15, -0.1) is 0 Å². The fourth-order valence-corrected chi connectivity index (χ4v) is 4.83. The Morgan fingerprint density at radius 1 is 1.17 bits per heavy atom. The topological polar surface area (TPSA) is 30.3 Å². The summed E-state index contributed by atoms with van der Waals surface area (Å²) in [6, 6.07) is 11.0. The summed E-state index contributed by atoms with van der Waals surface area (Å²) in [5, 5.41) is 2.53. The van der Waals surface area contributed by atoms with E-state index >= 15 is 0 Å². The number of aromatic nitrogens is 2. The van der Waals surface area contributed by atoms with Gasteiger partial charge in [-0.1, -0.05) is 36.4 Å². The van der Waals surface area contributed by atoms with Crippen LogP contribution in [0.5, 0.6) is 0 Å². The van der Waals surface area contributed by atoms with Crippen molar-refractivity contribution in [2.24, 2.45) is 5.92 Å². The van der Waals surface area contributed by atoms with Crippen LogP contribution in [0.3, 0.4) is 0 Å². The van der Waals surface area contributed by atoms with Crippen molar-refractivity contribution in [1.82, 2.24) is 9.55 Å². The van der Waals surface area contributed by atoms with Crippen molar-refractivity contribution in [1.29, 1.82) is 0 Å². The van der Waals surface area contributed by atoms with Gasteiger partial charge in [-0.05, 0) is 56.7 Å². The molecular weight excluding hydrogens is 358 g/mol. The Labute approximate surface area is 172 Å². The van der Waals surface area contributed by atoms with Crippen molar-refractivity contribution in [3.05, 3.63) is 54.1 Å². The SMILES string of the molecule is C=C(C)C1CC=C(n2c3ccccc3c3cc(C)c(N4CCOCC4)nc32)CC1. The molecule has 4 heteroatoms. The number of fused-ring (bicyclic) bond motifs is 3. The second-order valence-corrected chi connectivity index (χ2v) is 8.47. The molecule has 29 heavy (non-hydrogen) atoms. The van der Waals surface area contributed by atoms with Crippen LogP contribution in [-0.2, 0) is 4.74 Å². The third kappa shape index (κ3) is 3.16. The van der Waals surface area contributed by atoms with Crippen molar-refractivity contribution < 1.29 is 4.74 Å². The average molecular weight is 388 g/mol. The molecule has 150 valence electrons. The molecule has 1 fully saturated rings. The molecule has 0 radical (unpaired) electrons. The third-order valence-corrected chi connectivity index (χ3v) is 6.49. The lowest BCUT2D eigenvalue weighted by atomic mass is 9.87. The Kier molecular flexibility index (Phi) is 4.67. The molecule has 1 saturated heterocycles. The molecular formula is C25H29N3O. The molecule has 3 heterocycles. The van der Waals surface area contributed by atoms with Gasteiger partial charge in [0.05, 0.1) is 18.7 Å². The van der Waals surface area contributed by atoms with Crippen molar-refractivity contribution in [2.45, 2.75) is 33.1 Å². The second kappa shape index (κ2) is 7.34. The molecule has 0 N–H and O–H groups in total. The van der Waals surface area contributed by atoms with Crippen LogP contribution in [0.25, 0.3) is 27.6 Å². The van der Waals surface area contributed by atoms with E-state index in [9.17, 15) is 0 Å². The zero-order valence-corrected chi connectivity index (χ0v) is 17.4. The lowest BCUT2D eigenvalue weighted by molar-refractivity contribution is 0.122. The van der Waals surface area contributed by atoms with Gasteiger partial charge in [0.25, 0.3) is 0 Å². The lowest BCUT2D eigenvalue weighted by Gasteiger charge is -2.29. The van der Waals surface area contributed by atoms with Gasteiger partial charge < -0.3 is 9.64 Å². The minimum absolute atomic E-state index is 0.603. The zero-order chi connectivity index (χ0) is 20.0. The average Bonchev–Trinajstić information content (AvgIpc) is 3.07. The molecule has 0 saturated carbocycles. The maximum atomic E-state index is 5.55. The Morgan fingerprint density at radius 3 is 2.69 bits per heavy atom. The number of pyridine rings is 1. The van der Waals surface area contributed by atoms with Crippen LogP contribution >= 0.6 is 0 Å². The van der Waals surface area contributed by atoms with Gasteiger partial charge in [0.2, 0.25) is 0 Å². The molecule has 2 aromatic heterocycles. The van der Waals surface area contributed by atoms with Crippen molar-refractivity contribution in [2.75, 3.05) is 31.2 Å². The van der Waals surface area contributed by atoms with Gasteiger partial charge >= 0.3 is 0 Å². The minimum atomic E-state index is 0.603. The Balaban J connectivity index is 1.69. The van der Waals surface area contributed by atoms with Crippen molar-refractivity contribution in [3.63, 3.8) is 0 Å². The second-order valence-electron chi connectivity index (χ2n) is 8.47. The Morgan fingerprint density at radius 2 is 1.97 bits per heavy atom. The van der Waals surface area contributed by atoms with Crippen molar-refractivity contribution in [3.8, 4) is 0 Å². The van der Waals surface area contributed by atoms with Gasteiger partial charge in [0, 0.05) is 29.6 Å². The first-order chi connectivity index (χ1) is 14.1. The molecule has 2 aliphatic rings. The number of nitrogens with zero attached hydrogens (tertiary/aromatic N) is 3. The van der Waals surface area contributed by atoms with Gasteiger partial charge in [-0.2, -0.15) is 0 Å². The zero-order valence-electron chi connectivity index (χ0n) is 17.4. The minimum Gasteiger partial charge on any atom is -0.378 e. The highest BCUT2D eigenvalue weighted by molar-refractivity contribution is 6.09. The summed E-state index contributed by atoms with van der Waals surface area (Å²) in [6.07, 6.45) is 5.70. The Bertz CT molecular complexity index is 1120. The van der Waals surface area contributed by atoms with Gasteiger partial charge in [-0.3, -0.25) is 4.57 Å². The van der Waals surface area contributed by atoms with E-state index in [-0.39, 0.29) is 0 Å². The molecule has 4 nitrogen and oxygen atoms in total. The predicted molar refractivity (Wildman–Crippen MR) is 121 cm³/mol. The van der Waals surface area contributed by atoms with E-state index < -0.39 is 0 Å². The van der Waals surface area contributed by atoms with E-state index in [0.717, 1.165) is 57.0 Å². The summed E-state index contributed by atoms with van der Waals surface area (Å²) in [5.41, 5.74) is 6.25. The quantitative estimate of drug-likeness (QED) is 0.552. The fourth-order valence-electron chi connectivity index (χ4n) is 4.83. The Hall–Kier alpha value is -2.59. The number of ether oxygens (including phenoxy) is 1. The van der Waals surface area contributed by atoms with E-state index in [1.54, 1.807) is 0 Å². The highest BCUT2D eigenvalue weighted by Gasteiger charge is 2.22. The maximum Gasteiger partial charge on any atom is 0.147 e. The molecule has 1 aromatic carbocycles. The number of hydrogen-bond donors (Lipinski definition) is 0. The predicted octanol–water partition coefficient (Wildman–Crippen LogP) is 5.55. The number of hydrogen-bond acceptors (Lipinski definition) is 3. The standard InChI is InChI=1S/C25H29N3O/c1-17(2)19-8-10-20(11-9-19)28-23-7-5-4-6-21(23)22-16-18(3)24(26-25(22)28)27-12-14-29-15-13-27/h4-7,10,16,19H,1,8-9,11-15H2,2-3H3. The first kappa shape index (κ1) is 18.4. The number of benzene rings is 1. The number of anilines is 1. The van der Waals surface area contributed by atoms with Gasteiger partial charge in [-0.25, -0.2) is 4.98 Å². The number of aryl methyl sites for hydroxylation is 1. The molecule has 1 atom stereocenters. The number of rotatable bonds is 3. The molecule has 5 rings (SSSR count). The van der Waals surface area contributed by atoms with Crippen LogP contribution in [-0.4, -0.2) is 35.9 Å². The van der Waals surface area contributed by atoms with Crippen molar-refractivity contribution >= 4 is 33.5 Å². The molecule has 0 amide bonds. The van der Waals surface area contributed by atoms with Crippen LogP contribution < -0.4 is 4.90 Å². The van der Waals surface area contributed by atoms with E-state index in [1.807, 2.05) is 0 Å². The third-order valence-electron chi connectivity index (χ3n) is 6.49. The smallest absolute Gasteiger partial charge is 0.147 e. The highest BCUT2D eigenvalue weighted by atomic mass is 16.5. The monoisotopic (exact) mass is 387 g/mol. The first-order valence-electron chi connectivity index (χ1n) is 10.7. The molecule has 1 unspecified atom stereocenters. The highest BCUT2D eigenvalue weighted by Crippen LogP contribution is 2.38. The number of morpholine rings is 1. The summed E-state index contributed by atoms with van der Waals surface area (Å²) < 4.78 is 7.96. The summed E-state index contributed by atoms with van der Waals surface area (Å²) >= 11 is 0. The van der Waals surface area contributed by atoms with Crippen LogP contribution in [0.15, 0.2) is 48.6 Å². The molecule has 0 spiro atoms. The molecule has 0 bridgehead atoms. The maximum absolute atomic E-state index is 5.55. The van der Waals surface area contributed by atoms with Gasteiger partial charge in [0.1, 0.15) is 11.5 Å². The fraction of sp³-hybridized carbons (Fsp3) is 0.400. The van der Waals surface area contributed by atoms with Crippen LogP contribution in [0, 0.1) is 12.8 Å². The summed E-state index contributed by atoms with van der Waals surface area (Å²) in [7, 11) is 0. The van der Waals surface area contributed by atoms with Crippen LogP contribution in [0.4, 0.5) is 5.82 Å². The molecule has 1 aliphatic heterocycles. The number of para-hydroxylation sites is 1. The van der Waals surface area contributed by atoms with E-state index in [1.165, 1.54) is 33.1 Å². The van der Waals surface area contributed by atoms with E-state index in [2.05, 4.69) is 66.3 Å². The number of allylic oxidation sites excluding steroid dienone is 3. The van der Waals surface area contributed by atoms with Gasteiger partial charge in [0.15, 0.2) is 0 Å². The van der Waals surface area contributed by atoms with E-state index in [4.69, 9.17) is 9.72 Å². The van der Waals surface area contributed by atoms with E-state index in [0.29, 0.717) is 5.92 Å². The summed E-state index contributed by atoms with van der Waals surface area (Å²) in [5.74, 6) is 1.70. The first-order valence-corrected chi connectivity index (χ1v) is 10.7. The molecule has 1 aliphatic carbocycles. The largest absolute Gasteiger partial charge is 0.378 e. The van der Waals surface area contributed by atoms with Crippen LogP contribution in [0.2, 0.25) is 0 Å². The summed E-state index contributed by atoms with van der Waals surface area (Å²) in [6.45, 7) is 11.9.